The highest BCUT2D eigenvalue weighted by molar-refractivity contribution is 14.0. The summed E-state index contributed by atoms with van der Waals surface area (Å²) in [7, 11) is 1.80. The Kier molecular flexibility index (Phi) is 11.0. The molecule has 0 radical (unpaired) electrons. The van der Waals surface area contributed by atoms with E-state index in [1.54, 1.807) is 7.05 Å². The van der Waals surface area contributed by atoms with Crippen LogP contribution in [0.15, 0.2) is 23.2 Å². The third kappa shape index (κ3) is 7.70. The highest BCUT2D eigenvalue weighted by Gasteiger charge is 2.15. The van der Waals surface area contributed by atoms with E-state index in [4.69, 9.17) is 9.47 Å². The van der Waals surface area contributed by atoms with Crippen LogP contribution in [-0.2, 0) is 11.3 Å². The Labute approximate surface area is 175 Å². The molecule has 2 unspecified atom stereocenters. The van der Waals surface area contributed by atoms with Crippen LogP contribution < -0.4 is 15.4 Å². The Morgan fingerprint density at radius 2 is 2.19 bits per heavy atom. The molecule has 1 heterocycles. The molecule has 0 aliphatic carbocycles. The Bertz CT molecular complexity index is 560. The van der Waals surface area contributed by atoms with Gasteiger partial charge in [0.2, 0.25) is 0 Å². The van der Waals surface area contributed by atoms with E-state index >= 15 is 0 Å². The average Bonchev–Trinajstić information content (AvgIpc) is 3.12. The zero-order valence-electron chi connectivity index (χ0n) is 16.5. The summed E-state index contributed by atoms with van der Waals surface area (Å²) in [5.41, 5.74) is 2.36. The number of aryl methyl sites for hydroxylation is 1. The minimum atomic E-state index is 0. The first-order chi connectivity index (χ1) is 12.1. The van der Waals surface area contributed by atoms with Gasteiger partial charge in [-0.15, -0.1) is 24.0 Å². The molecule has 1 fully saturated rings. The van der Waals surface area contributed by atoms with Gasteiger partial charge in [0.1, 0.15) is 5.75 Å². The van der Waals surface area contributed by atoms with Gasteiger partial charge in [-0.25, -0.2) is 0 Å². The lowest BCUT2D eigenvalue weighted by Gasteiger charge is -2.18. The van der Waals surface area contributed by atoms with Gasteiger partial charge in [0, 0.05) is 32.3 Å². The molecule has 1 aromatic rings. The number of hydrogen-bond acceptors (Lipinski definition) is 3. The normalized spacial score (nSPS) is 18.2. The van der Waals surface area contributed by atoms with Crippen molar-refractivity contribution in [3.8, 4) is 5.75 Å². The van der Waals surface area contributed by atoms with E-state index < -0.39 is 0 Å². The maximum absolute atomic E-state index is 6.07. The fourth-order valence-corrected chi connectivity index (χ4v) is 2.84. The van der Waals surface area contributed by atoms with Gasteiger partial charge in [0.05, 0.1) is 12.2 Å². The summed E-state index contributed by atoms with van der Waals surface area (Å²) >= 11 is 0. The van der Waals surface area contributed by atoms with Crippen molar-refractivity contribution < 1.29 is 9.47 Å². The van der Waals surface area contributed by atoms with Crippen LogP contribution in [-0.4, -0.2) is 38.4 Å². The van der Waals surface area contributed by atoms with Crippen LogP contribution in [0.4, 0.5) is 0 Å². The van der Waals surface area contributed by atoms with Crippen molar-refractivity contribution in [1.82, 2.24) is 10.6 Å². The molecule has 1 saturated heterocycles. The van der Waals surface area contributed by atoms with E-state index in [0.717, 1.165) is 43.3 Å². The Morgan fingerprint density at radius 1 is 1.38 bits per heavy atom. The number of nitrogens with one attached hydrogen (secondary N) is 2. The number of nitrogens with zero attached hydrogens (tertiary/aromatic N) is 1. The fraction of sp³-hybridized carbons (Fsp3) is 0.650. The number of hydrogen-bond donors (Lipinski definition) is 2. The first kappa shape index (κ1) is 23.0. The molecule has 148 valence electrons. The number of ether oxygens (including phenoxy) is 2. The Hall–Kier alpha value is -1.02. The monoisotopic (exact) mass is 475 g/mol. The van der Waals surface area contributed by atoms with Crippen LogP contribution in [0.5, 0.6) is 5.75 Å². The fourth-order valence-electron chi connectivity index (χ4n) is 2.84. The summed E-state index contributed by atoms with van der Waals surface area (Å²) in [6.07, 6.45) is 4.99. The van der Waals surface area contributed by atoms with E-state index in [9.17, 15) is 0 Å². The van der Waals surface area contributed by atoms with Gasteiger partial charge in [-0.3, -0.25) is 4.99 Å². The van der Waals surface area contributed by atoms with Crippen molar-refractivity contribution in [3.05, 3.63) is 29.3 Å². The quantitative estimate of drug-likeness (QED) is 0.339. The maximum atomic E-state index is 6.07. The molecule has 2 atom stereocenters. The summed E-state index contributed by atoms with van der Waals surface area (Å²) < 4.78 is 11.7. The van der Waals surface area contributed by atoms with Crippen LogP contribution >= 0.6 is 24.0 Å². The summed E-state index contributed by atoms with van der Waals surface area (Å²) in [5, 5.41) is 6.75. The lowest BCUT2D eigenvalue weighted by atomic mass is 10.1. The van der Waals surface area contributed by atoms with Gasteiger partial charge in [-0.2, -0.15) is 0 Å². The van der Waals surface area contributed by atoms with Crippen molar-refractivity contribution in [2.24, 2.45) is 4.99 Å². The van der Waals surface area contributed by atoms with Gasteiger partial charge < -0.3 is 20.1 Å². The molecule has 0 spiro atoms. The first-order valence-electron chi connectivity index (χ1n) is 9.44. The molecular formula is C20H34IN3O2. The second kappa shape index (κ2) is 12.4. The topological polar surface area (TPSA) is 54.9 Å². The highest BCUT2D eigenvalue weighted by atomic mass is 127. The number of rotatable bonds is 8. The minimum Gasteiger partial charge on any atom is -0.490 e. The van der Waals surface area contributed by atoms with Gasteiger partial charge >= 0.3 is 0 Å². The summed E-state index contributed by atoms with van der Waals surface area (Å²) in [6.45, 7) is 8.79. The molecule has 1 aliphatic heterocycles. The van der Waals surface area contributed by atoms with Gasteiger partial charge in [-0.05, 0) is 51.2 Å². The SMILES string of the molecule is CCC(C)Oc1cc(C)ccc1CNC(=NC)NCCC1CCCO1.I. The molecule has 6 heteroatoms. The molecule has 2 N–H and O–H groups in total. The standard InChI is InChI=1S/C20H33N3O2.HI/c1-5-16(3)25-19-13-15(2)8-9-17(19)14-23-20(21-4)22-11-10-18-7-6-12-24-18;/h8-9,13,16,18H,5-7,10-12,14H2,1-4H3,(H2,21,22,23);1H. The second-order valence-electron chi connectivity index (χ2n) is 6.72. The smallest absolute Gasteiger partial charge is 0.191 e. The van der Waals surface area contributed by atoms with Crippen molar-refractivity contribution in [2.45, 2.75) is 65.2 Å². The van der Waals surface area contributed by atoms with Crippen molar-refractivity contribution in [2.75, 3.05) is 20.2 Å². The van der Waals surface area contributed by atoms with Gasteiger partial charge in [-0.1, -0.05) is 19.1 Å². The summed E-state index contributed by atoms with van der Waals surface area (Å²) in [4.78, 5) is 4.30. The van der Waals surface area contributed by atoms with Crippen LogP contribution in [0.3, 0.4) is 0 Å². The number of guanidine groups is 1. The molecule has 1 aliphatic rings. The van der Waals surface area contributed by atoms with E-state index in [0.29, 0.717) is 12.6 Å². The van der Waals surface area contributed by atoms with E-state index in [1.165, 1.54) is 18.4 Å². The average molecular weight is 475 g/mol. The zero-order valence-corrected chi connectivity index (χ0v) is 18.8. The van der Waals surface area contributed by atoms with Crippen molar-refractivity contribution in [1.29, 1.82) is 0 Å². The largest absolute Gasteiger partial charge is 0.490 e. The number of benzene rings is 1. The lowest BCUT2D eigenvalue weighted by Crippen LogP contribution is -2.38. The van der Waals surface area contributed by atoms with Gasteiger partial charge in [0.25, 0.3) is 0 Å². The van der Waals surface area contributed by atoms with Crippen LogP contribution in [0, 0.1) is 6.92 Å². The molecule has 2 rings (SSSR count). The maximum Gasteiger partial charge on any atom is 0.191 e. The van der Waals surface area contributed by atoms with Gasteiger partial charge in [0.15, 0.2) is 5.96 Å². The molecule has 0 saturated carbocycles. The van der Waals surface area contributed by atoms with Crippen LogP contribution in [0.25, 0.3) is 0 Å². The molecule has 1 aromatic carbocycles. The summed E-state index contributed by atoms with van der Waals surface area (Å²) in [6, 6.07) is 6.35. The zero-order chi connectivity index (χ0) is 18.1. The van der Waals surface area contributed by atoms with E-state index in [1.807, 2.05) is 0 Å². The molecule has 0 amide bonds. The minimum absolute atomic E-state index is 0. The highest BCUT2D eigenvalue weighted by Crippen LogP contribution is 2.22. The third-order valence-corrected chi connectivity index (χ3v) is 4.58. The predicted molar refractivity (Wildman–Crippen MR) is 119 cm³/mol. The summed E-state index contributed by atoms with van der Waals surface area (Å²) in [5.74, 6) is 1.77. The molecule has 5 nitrogen and oxygen atoms in total. The molecule has 0 bridgehead atoms. The second-order valence-corrected chi connectivity index (χ2v) is 6.72. The molecule has 26 heavy (non-hydrogen) atoms. The Morgan fingerprint density at radius 3 is 2.85 bits per heavy atom. The first-order valence-corrected chi connectivity index (χ1v) is 9.44. The Balaban J connectivity index is 0.00000338. The van der Waals surface area contributed by atoms with E-state index in [-0.39, 0.29) is 30.1 Å². The van der Waals surface area contributed by atoms with Crippen LogP contribution in [0.1, 0.15) is 50.7 Å². The molecule has 0 aromatic heterocycles. The van der Waals surface area contributed by atoms with Crippen molar-refractivity contribution in [3.63, 3.8) is 0 Å². The van der Waals surface area contributed by atoms with Crippen molar-refractivity contribution >= 4 is 29.9 Å². The number of halogens is 1. The lowest BCUT2D eigenvalue weighted by molar-refractivity contribution is 0.105. The van der Waals surface area contributed by atoms with E-state index in [2.05, 4.69) is 54.6 Å². The third-order valence-electron chi connectivity index (χ3n) is 4.58. The number of aliphatic imine (C=N–C) groups is 1. The van der Waals surface area contributed by atoms with Crippen LogP contribution in [0.2, 0.25) is 0 Å². The predicted octanol–water partition coefficient (Wildman–Crippen LogP) is 4.02. The molecular weight excluding hydrogens is 441 g/mol.